The molecule has 2 N–H and O–H groups in total. The van der Waals surface area contributed by atoms with Gasteiger partial charge in [-0.3, -0.25) is 4.79 Å². The predicted octanol–water partition coefficient (Wildman–Crippen LogP) is 1.58. The highest BCUT2D eigenvalue weighted by Crippen LogP contribution is 1.92. The van der Waals surface area contributed by atoms with Crippen LogP contribution in [0.25, 0.3) is 0 Å². The van der Waals surface area contributed by atoms with Crippen molar-refractivity contribution < 1.29 is 4.79 Å². The monoisotopic (exact) mass is 196 g/mol. The predicted molar refractivity (Wildman–Crippen MR) is 59.9 cm³/mol. The molecule has 0 amide bonds. The summed E-state index contributed by atoms with van der Waals surface area (Å²) in [5, 5.41) is 6.14. The van der Waals surface area contributed by atoms with E-state index in [1.165, 1.54) is 0 Å². The van der Waals surface area contributed by atoms with Crippen LogP contribution in [-0.2, 0) is 4.79 Å². The first-order valence-electron chi connectivity index (χ1n) is 4.98. The third-order valence-electron chi connectivity index (χ3n) is 1.63. The minimum absolute atomic E-state index is 0.0156. The summed E-state index contributed by atoms with van der Waals surface area (Å²) >= 11 is 0. The van der Waals surface area contributed by atoms with Crippen molar-refractivity contribution in [2.45, 2.75) is 27.7 Å². The van der Waals surface area contributed by atoms with Crippen molar-refractivity contribution in [2.75, 3.05) is 13.1 Å². The van der Waals surface area contributed by atoms with Crippen molar-refractivity contribution in [3.05, 3.63) is 23.5 Å². The number of carbonyl (C=O) groups is 1. The Kier molecular flexibility index (Phi) is 6.54. The van der Waals surface area contributed by atoms with Crippen LogP contribution in [0.3, 0.4) is 0 Å². The van der Waals surface area contributed by atoms with Crippen molar-refractivity contribution in [1.29, 1.82) is 0 Å². The third-order valence-corrected chi connectivity index (χ3v) is 1.63. The van der Waals surface area contributed by atoms with Gasteiger partial charge in [-0.15, -0.1) is 0 Å². The van der Waals surface area contributed by atoms with Crippen molar-refractivity contribution in [1.82, 2.24) is 10.6 Å². The lowest BCUT2D eigenvalue weighted by molar-refractivity contribution is -0.110. The van der Waals surface area contributed by atoms with Crippen LogP contribution in [0.4, 0.5) is 0 Å². The molecule has 0 saturated carbocycles. The van der Waals surface area contributed by atoms with Gasteiger partial charge in [0.15, 0.2) is 5.78 Å². The number of allylic oxidation sites excluding steroid dienone is 4. The first-order valence-corrected chi connectivity index (χ1v) is 4.98. The molecule has 0 heterocycles. The Morgan fingerprint density at radius 3 is 1.64 bits per heavy atom. The van der Waals surface area contributed by atoms with Gasteiger partial charge < -0.3 is 10.6 Å². The fourth-order valence-electron chi connectivity index (χ4n) is 1.13. The Labute approximate surface area is 86.3 Å². The van der Waals surface area contributed by atoms with Crippen LogP contribution in [0.5, 0.6) is 0 Å². The van der Waals surface area contributed by atoms with E-state index >= 15 is 0 Å². The van der Waals surface area contributed by atoms with Gasteiger partial charge in [0.1, 0.15) is 0 Å². The van der Waals surface area contributed by atoms with Gasteiger partial charge >= 0.3 is 0 Å². The quantitative estimate of drug-likeness (QED) is 0.634. The smallest absolute Gasteiger partial charge is 0.182 e. The fourth-order valence-corrected chi connectivity index (χ4v) is 1.13. The molecule has 0 aliphatic heterocycles. The highest BCUT2D eigenvalue weighted by Gasteiger charge is 1.94. The van der Waals surface area contributed by atoms with Crippen molar-refractivity contribution in [3.8, 4) is 0 Å². The molecule has 0 aromatic carbocycles. The minimum atomic E-state index is 0.0156. The normalized spacial score (nSPS) is 12.6. The van der Waals surface area contributed by atoms with E-state index in [9.17, 15) is 4.79 Å². The molecule has 3 heteroatoms. The molecule has 0 fully saturated rings. The minimum Gasteiger partial charge on any atom is -0.389 e. The van der Waals surface area contributed by atoms with Crippen molar-refractivity contribution in [3.63, 3.8) is 0 Å². The van der Waals surface area contributed by atoms with Crippen molar-refractivity contribution in [2.24, 2.45) is 0 Å². The summed E-state index contributed by atoms with van der Waals surface area (Å²) in [7, 11) is 0. The van der Waals surface area contributed by atoms with Gasteiger partial charge in [0.2, 0.25) is 0 Å². The molecule has 0 spiro atoms. The van der Waals surface area contributed by atoms with E-state index in [1.807, 2.05) is 27.7 Å². The Morgan fingerprint density at radius 1 is 1.00 bits per heavy atom. The summed E-state index contributed by atoms with van der Waals surface area (Å²) in [4.78, 5) is 11.4. The average Bonchev–Trinajstić information content (AvgIpc) is 2.03. The van der Waals surface area contributed by atoms with E-state index in [1.54, 1.807) is 12.2 Å². The van der Waals surface area contributed by atoms with E-state index in [-0.39, 0.29) is 5.78 Å². The lowest BCUT2D eigenvalue weighted by atomic mass is 10.2. The molecule has 0 bridgehead atoms. The van der Waals surface area contributed by atoms with Gasteiger partial charge in [-0.25, -0.2) is 0 Å². The molecule has 14 heavy (non-hydrogen) atoms. The maximum atomic E-state index is 11.4. The Balaban J connectivity index is 4.21. The lowest BCUT2D eigenvalue weighted by Gasteiger charge is -2.02. The topological polar surface area (TPSA) is 41.1 Å². The zero-order chi connectivity index (χ0) is 11.0. The van der Waals surface area contributed by atoms with Crippen LogP contribution in [0.1, 0.15) is 27.7 Å². The first-order chi connectivity index (χ1) is 6.60. The van der Waals surface area contributed by atoms with Gasteiger partial charge in [0.25, 0.3) is 0 Å². The van der Waals surface area contributed by atoms with E-state index in [2.05, 4.69) is 10.6 Å². The van der Waals surface area contributed by atoms with Gasteiger partial charge in [-0.2, -0.15) is 0 Å². The van der Waals surface area contributed by atoms with Crippen LogP contribution in [0.15, 0.2) is 23.5 Å². The number of ketones is 1. The van der Waals surface area contributed by atoms with Crippen LogP contribution in [-0.4, -0.2) is 18.9 Å². The number of nitrogens with one attached hydrogen (secondary N) is 2. The van der Waals surface area contributed by atoms with E-state index < -0.39 is 0 Å². The molecule has 0 radical (unpaired) electrons. The zero-order valence-electron chi connectivity index (χ0n) is 9.48. The average molecular weight is 196 g/mol. The maximum absolute atomic E-state index is 11.4. The molecular weight excluding hydrogens is 176 g/mol. The largest absolute Gasteiger partial charge is 0.389 e. The Bertz CT molecular complexity index is 218. The summed E-state index contributed by atoms with van der Waals surface area (Å²) in [5.41, 5.74) is 1.80. The molecule has 0 unspecified atom stereocenters. The van der Waals surface area contributed by atoms with Crippen LogP contribution < -0.4 is 10.6 Å². The molecule has 0 atom stereocenters. The fraction of sp³-hybridized carbons (Fsp3) is 0.545. The van der Waals surface area contributed by atoms with Gasteiger partial charge in [-0.1, -0.05) is 0 Å². The Hall–Kier alpha value is -1.25. The number of hydrogen-bond acceptors (Lipinski definition) is 3. The van der Waals surface area contributed by atoms with E-state index in [0.717, 1.165) is 24.5 Å². The maximum Gasteiger partial charge on any atom is 0.182 e. The molecule has 0 saturated heterocycles. The molecule has 0 aromatic heterocycles. The third kappa shape index (κ3) is 6.29. The summed E-state index contributed by atoms with van der Waals surface area (Å²) in [6.45, 7) is 9.45. The standard InChI is InChI=1S/C11H20N2O/c1-5-12-9(3)7-11(14)8-10(4)13-6-2/h7-8,12-13H,5-6H2,1-4H3/b9-7-,10-8-. The second-order valence-electron chi connectivity index (χ2n) is 3.12. The molecule has 80 valence electrons. The molecular formula is C11H20N2O. The van der Waals surface area contributed by atoms with Gasteiger partial charge in [0, 0.05) is 36.6 Å². The van der Waals surface area contributed by atoms with Crippen LogP contribution in [0, 0.1) is 0 Å². The molecule has 0 aromatic rings. The molecule has 0 aliphatic rings. The number of carbonyl (C=O) groups excluding carboxylic acids is 1. The number of hydrogen-bond donors (Lipinski definition) is 2. The second kappa shape index (κ2) is 7.18. The second-order valence-corrected chi connectivity index (χ2v) is 3.12. The van der Waals surface area contributed by atoms with Gasteiger partial charge in [0.05, 0.1) is 0 Å². The summed E-state index contributed by atoms with van der Waals surface area (Å²) in [6, 6.07) is 0. The molecule has 0 aliphatic carbocycles. The van der Waals surface area contributed by atoms with Crippen LogP contribution >= 0.6 is 0 Å². The lowest BCUT2D eigenvalue weighted by Crippen LogP contribution is -2.12. The SMILES string of the molecule is CCN/C(C)=C\C(=O)/C=C(/C)NCC. The molecule has 3 nitrogen and oxygen atoms in total. The summed E-state index contributed by atoms with van der Waals surface area (Å²) < 4.78 is 0. The summed E-state index contributed by atoms with van der Waals surface area (Å²) in [6.07, 6.45) is 3.20. The van der Waals surface area contributed by atoms with E-state index in [4.69, 9.17) is 0 Å². The highest BCUT2D eigenvalue weighted by molar-refractivity contribution is 5.99. The van der Waals surface area contributed by atoms with Crippen molar-refractivity contribution >= 4 is 5.78 Å². The van der Waals surface area contributed by atoms with Crippen LogP contribution in [0.2, 0.25) is 0 Å². The number of rotatable bonds is 6. The molecule has 0 rings (SSSR count). The highest BCUT2D eigenvalue weighted by atomic mass is 16.1. The first kappa shape index (κ1) is 12.8. The zero-order valence-corrected chi connectivity index (χ0v) is 9.48. The van der Waals surface area contributed by atoms with E-state index in [0.29, 0.717) is 0 Å². The van der Waals surface area contributed by atoms with Gasteiger partial charge in [-0.05, 0) is 27.7 Å². The summed E-state index contributed by atoms with van der Waals surface area (Å²) in [5.74, 6) is 0.0156. The Morgan fingerprint density at radius 2 is 1.36 bits per heavy atom.